The molecule has 80 valence electrons. The predicted molar refractivity (Wildman–Crippen MR) is 63.8 cm³/mol. The Morgan fingerprint density at radius 1 is 1.40 bits per heavy atom. The number of nitrogens with zero attached hydrogens (tertiary/aromatic N) is 1. The fourth-order valence-electron chi connectivity index (χ4n) is 1.38. The zero-order chi connectivity index (χ0) is 11.3. The van der Waals surface area contributed by atoms with Gasteiger partial charge >= 0.3 is 0 Å². The van der Waals surface area contributed by atoms with Gasteiger partial charge in [0, 0.05) is 12.2 Å². The summed E-state index contributed by atoms with van der Waals surface area (Å²) < 4.78 is 0. The Morgan fingerprint density at radius 3 is 2.73 bits per heavy atom. The summed E-state index contributed by atoms with van der Waals surface area (Å²) in [4.78, 5) is 0. The lowest BCUT2D eigenvalue weighted by atomic mass is 10.1. The van der Waals surface area contributed by atoms with Gasteiger partial charge in [-0.3, -0.25) is 0 Å². The van der Waals surface area contributed by atoms with Crippen molar-refractivity contribution in [2.75, 3.05) is 11.9 Å². The third-order valence-electron chi connectivity index (χ3n) is 2.40. The van der Waals surface area contributed by atoms with Gasteiger partial charge in [-0.05, 0) is 37.0 Å². The molecular weight excluding hydrogens is 184 g/mol. The van der Waals surface area contributed by atoms with Gasteiger partial charge in [-0.25, -0.2) is 0 Å². The summed E-state index contributed by atoms with van der Waals surface area (Å²) >= 11 is 0. The summed E-state index contributed by atoms with van der Waals surface area (Å²) in [7, 11) is 0. The largest absolute Gasteiger partial charge is 0.385 e. The topological polar surface area (TPSA) is 35.8 Å². The van der Waals surface area contributed by atoms with E-state index in [0.717, 1.165) is 18.7 Å². The maximum Gasteiger partial charge on any atom is 0.0992 e. The number of rotatable bonds is 4. The highest BCUT2D eigenvalue weighted by molar-refractivity contribution is 5.55. The minimum atomic E-state index is 0.706. The van der Waals surface area contributed by atoms with Crippen LogP contribution in [0.5, 0.6) is 0 Å². The minimum absolute atomic E-state index is 0.706. The standard InChI is InChI=1S/C13H18N2/c1-10(2)6-7-15-13-8-12(9-14)5-4-11(13)3/h4-5,8,10,15H,6-7H2,1-3H3. The maximum atomic E-state index is 8.79. The molecular formula is C13H18N2. The van der Waals surface area contributed by atoms with Gasteiger partial charge in [0.25, 0.3) is 0 Å². The molecule has 2 nitrogen and oxygen atoms in total. The Bertz CT molecular complexity index is 361. The van der Waals surface area contributed by atoms with E-state index in [1.54, 1.807) is 0 Å². The molecule has 0 aromatic heterocycles. The van der Waals surface area contributed by atoms with E-state index >= 15 is 0 Å². The molecule has 1 N–H and O–H groups in total. The van der Waals surface area contributed by atoms with Gasteiger partial charge in [0.2, 0.25) is 0 Å². The first-order chi connectivity index (χ1) is 7.13. The van der Waals surface area contributed by atoms with Crippen LogP contribution in [0.2, 0.25) is 0 Å². The minimum Gasteiger partial charge on any atom is -0.385 e. The van der Waals surface area contributed by atoms with Crippen LogP contribution >= 0.6 is 0 Å². The first-order valence-electron chi connectivity index (χ1n) is 5.38. The van der Waals surface area contributed by atoms with Crippen LogP contribution in [-0.4, -0.2) is 6.54 Å². The molecule has 0 atom stereocenters. The van der Waals surface area contributed by atoms with Crippen molar-refractivity contribution in [3.63, 3.8) is 0 Å². The molecule has 1 rings (SSSR count). The highest BCUT2D eigenvalue weighted by atomic mass is 14.9. The van der Waals surface area contributed by atoms with Crippen molar-refractivity contribution >= 4 is 5.69 Å². The van der Waals surface area contributed by atoms with Crippen molar-refractivity contribution in [3.05, 3.63) is 29.3 Å². The lowest BCUT2D eigenvalue weighted by molar-refractivity contribution is 0.607. The van der Waals surface area contributed by atoms with Crippen molar-refractivity contribution in [3.8, 4) is 6.07 Å². The summed E-state index contributed by atoms with van der Waals surface area (Å²) in [6, 6.07) is 7.90. The van der Waals surface area contributed by atoms with E-state index in [0.29, 0.717) is 11.5 Å². The first-order valence-corrected chi connectivity index (χ1v) is 5.38. The van der Waals surface area contributed by atoms with Gasteiger partial charge in [-0.15, -0.1) is 0 Å². The molecule has 0 unspecified atom stereocenters. The Labute approximate surface area is 91.9 Å². The van der Waals surface area contributed by atoms with Crippen LogP contribution in [0, 0.1) is 24.2 Å². The van der Waals surface area contributed by atoms with E-state index in [1.807, 2.05) is 18.2 Å². The molecule has 0 aliphatic carbocycles. The molecule has 2 heteroatoms. The molecule has 0 radical (unpaired) electrons. The quantitative estimate of drug-likeness (QED) is 0.813. The van der Waals surface area contributed by atoms with E-state index in [1.165, 1.54) is 5.56 Å². The number of anilines is 1. The van der Waals surface area contributed by atoms with Crippen LogP contribution in [0.3, 0.4) is 0 Å². The fourth-order valence-corrected chi connectivity index (χ4v) is 1.38. The lowest BCUT2D eigenvalue weighted by Crippen LogP contribution is -2.06. The smallest absolute Gasteiger partial charge is 0.0992 e. The maximum absolute atomic E-state index is 8.79. The van der Waals surface area contributed by atoms with E-state index in [-0.39, 0.29) is 0 Å². The molecule has 0 bridgehead atoms. The Morgan fingerprint density at radius 2 is 2.13 bits per heavy atom. The summed E-state index contributed by atoms with van der Waals surface area (Å²) in [6.07, 6.45) is 1.15. The average molecular weight is 202 g/mol. The Kier molecular flexibility index (Phi) is 4.17. The molecule has 0 fully saturated rings. The Balaban J connectivity index is 2.64. The van der Waals surface area contributed by atoms with E-state index < -0.39 is 0 Å². The van der Waals surface area contributed by atoms with E-state index in [9.17, 15) is 0 Å². The molecule has 15 heavy (non-hydrogen) atoms. The third kappa shape index (κ3) is 3.63. The second-order valence-electron chi connectivity index (χ2n) is 4.25. The van der Waals surface area contributed by atoms with E-state index in [4.69, 9.17) is 5.26 Å². The van der Waals surface area contributed by atoms with Gasteiger partial charge in [0.15, 0.2) is 0 Å². The molecule has 0 saturated heterocycles. The number of hydrogen-bond acceptors (Lipinski definition) is 2. The van der Waals surface area contributed by atoms with Crippen LogP contribution in [0.25, 0.3) is 0 Å². The van der Waals surface area contributed by atoms with Crippen LogP contribution in [0.15, 0.2) is 18.2 Å². The summed E-state index contributed by atoms with van der Waals surface area (Å²) in [6.45, 7) is 7.44. The number of nitriles is 1. The van der Waals surface area contributed by atoms with Crippen LogP contribution in [-0.2, 0) is 0 Å². The number of hydrogen-bond donors (Lipinski definition) is 1. The predicted octanol–water partition coefficient (Wildman–Crippen LogP) is 3.32. The Hall–Kier alpha value is -1.49. The molecule has 0 amide bonds. The molecule has 0 heterocycles. The molecule has 0 aliphatic heterocycles. The van der Waals surface area contributed by atoms with Gasteiger partial charge in [-0.2, -0.15) is 5.26 Å². The molecule has 0 saturated carbocycles. The van der Waals surface area contributed by atoms with Crippen molar-refractivity contribution in [2.24, 2.45) is 5.92 Å². The van der Waals surface area contributed by atoms with Crippen molar-refractivity contribution in [1.29, 1.82) is 5.26 Å². The van der Waals surface area contributed by atoms with E-state index in [2.05, 4.69) is 32.2 Å². The highest BCUT2D eigenvalue weighted by Crippen LogP contribution is 2.16. The second kappa shape index (κ2) is 5.41. The van der Waals surface area contributed by atoms with Crippen LogP contribution < -0.4 is 5.32 Å². The number of benzene rings is 1. The number of aryl methyl sites for hydroxylation is 1. The summed E-state index contributed by atoms with van der Waals surface area (Å²) in [5.74, 6) is 0.706. The molecule has 1 aromatic carbocycles. The SMILES string of the molecule is Cc1ccc(C#N)cc1NCCC(C)C. The van der Waals surface area contributed by atoms with Crippen molar-refractivity contribution in [1.82, 2.24) is 0 Å². The normalized spacial score (nSPS) is 10.1. The van der Waals surface area contributed by atoms with Gasteiger partial charge in [0.05, 0.1) is 11.6 Å². The fraction of sp³-hybridized carbons (Fsp3) is 0.462. The van der Waals surface area contributed by atoms with Crippen molar-refractivity contribution in [2.45, 2.75) is 27.2 Å². The zero-order valence-corrected chi connectivity index (χ0v) is 9.67. The first kappa shape index (κ1) is 11.6. The summed E-state index contributed by atoms with van der Waals surface area (Å²) in [5, 5.41) is 12.2. The van der Waals surface area contributed by atoms with Crippen LogP contribution in [0.4, 0.5) is 5.69 Å². The van der Waals surface area contributed by atoms with Gasteiger partial charge in [-0.1, -0.05) is 19.9 Å². The molecule has 0 spiro atoms. The van der Waals surface area contributed by atoms with Gasteiger partial charge in [0.1, 0.15) is 0 Å². The second-order valence-corrected chi connectivity index (χ2v) is 4.25. The third-order valence-corrected chi connectivity index (χ3v) is 2.40. The van der Waals surface area contributed by atoms with Crippen molar-refractivity contribution < 1.29 is 0 Å². The lowest BCUT2D eigenvalue weighted by Gasteiger charge is -2.11. The monoisotopic (exact) mass is 202 g/mol. The van der Waals surface area contributed by atoms with Crippen LogP contribution in [0.1, 0.15) is 31.4 Å². The summed E-state index contributed by atoms with van der Waals surface area (Å²) in [5.41, 5.74) is 2.99. The van der Waals surface area contributed by atoms with Gasteiger partial charge < -0.3 is 5.32 Å². The zero-order valence-electron chi connectivity index (χ0n) is 9.67. The molecule has 1 aromatic rings. The molecule has 0 aliphatic rings. The average Bonchev–Trinajstić information content (AvgIpc) is 2.20. The highest BCUT2D eigenvalue weighted by Gasteiger charge is 2.00. The number of nitrogens with one attached hydrogen (secondary N) is 1.